The van der Waals surface area contributed by atoms with Gasteiger partial charge in [0.05, 0.1) is 39.9 Å². The summed E-state index contributed by atoms with van der Waals surface area (Å²) in [6.07, 6.45) is 20.6. The Kier molecular flexibility index (Phi) is 22.5. The summed E-state index contributed by atoms with van der Waals surface area (Å²) in [5.74, 6) is -0.205. The van der Waals surface area contributed by atoms with Crippen LogP contribution >= 0.6 is 7.82 Å². The van der Waals surface area contributed by atoms with E-state index in [2.05, 4.69) is 19.2 Å². The predicted molar refractivity (Wildman–Crippen MR) is 157 cm³/mol. The number of allylic oxidation sites excluding steroid dienone is 1. The van der Waals surface area contributed by atoms with Crippen LogP contribution in [-0.2, 0) is 18.4 Å². The van der Waals surface area contributed by atoms with Gasteiger partial charge >= 0.3 is 7.82 Å². The van der Waals surface area contributed by atoms with E-state index in [9.17, 15) is 19.4 Å². The Bertz CT molecular complexity index is 653. The predicted octanol–water partition coefficient (Wildman–Crippen LogP) is 6.51. The minimum Gasteiger partial charge on any atom is -0.387 e. The van der Waals surface area contributed by atoms with Crippen LogP contribution in [0.2, 0.25) is 0 Å². The van der Waals surface area contributed by atoms with Crippen molar-refractivity contribution in [3.8, 4) is 0 Å². The second-order valence-electron chi connectivity index (χ2n) is 11.5. The fourth-order valence-electron chi connectivity index (χ4n) is 3.98. The molecule has 0 saturated heterocycles. The van der Waals surface area contributed by atoms with Gasteiger partial charge in [-0.3, -0.25) is 13.8 Å². The molecule has 0 aromatic carbocycles. The van der Waals surface area contributed by atoms with Crippen LogP contribution in [0.5, 0.6) is 0 Å². The van der Waals surface area contributed by atoms with E-state index >= 15 is 0 Å². The molecule has 3 atom stereocenters. The number of aliphatic hydroxyl groups is 1. The Hall–Kier alpha value is -0.760. The van der Waals surface area contributed by atoms with E-state index < -0.39 is 20.0 Å². The molecule has 0 rings (SSSR count). The third-order valence-corrected chi connectivity index (χ3v) is 7.49. The number of phosphoric acid groups is 1. The molecule has 0 fully saturated rings. The fourth-order valence-corrected chi connectivity index (χ4v) is 4.71. The molecule has 0 bridgehead atoms. The van der Waals surface area contributed by atoms with Gasteiger partial charge in [0.15, 0.2) is 0 Å². The summed E-state index contributed by atoms with van der Waals surface area (Å²) in [5, 5.41) is 13.5. The van der Waals surface area contributed by atoms with Crippen molar-refractivity contribution in [3.63, 3.8) is 0 Å². The van der Waals surface area contributed by atoms with Gasteiger partial charge in [-0.2, -0.15) is 0 Å². The monoisotopic (exact) mass is 563 g/mol. The number of hydrogen-bond acceptors (Lipinski definition) is 5. The van der Waals surface area contributed by atoms with E-state index in [-0.39, 0.29) is 19.1 Å². The third-order valence-electron chi connectivity index (χ3n) is 6.51. The van der Waals surface area contributed by atoms with E-state index in [0.717, 1.165) is 38.5 Å². The van der Waals surface area contributed by atoms with Crippen LogP contribution < -0.4 is 5.32 Å². The Morgan fingerprint density at radius 3 is 1.95 bits per heavy atom. The SMILES string of the molecule is CCCCCCCCCCCCC/C=C\[C@@H](O)[C@H](COP(=O)(O)OCC[N+](C)(C)C)NC(=O)CCCCC. The number of phosphoric ester groups is 1. The molecule has 38 heavy (non-hydrogen) atoms. The first kappa shape index (κ1) is 37.2. The number of nitrogens with one attached hydrogen (secondary N) is 1. The first-order chi connectivity index (χ1) is 18.0. The van der Waals surface area contributed by atoms with Crippen LogP contribution in [0.15, 0.2) is 12.2 Å². The lowest BCUT2D eigenvalue weighted by molar-refractivity contribution is -0.870. The first-order valence-electron chi connectivity index (χ1n) is 15.1. The summed E-state index contributed by atoms with van der Waals surface area (Å²) in [6, 6.07) is -0.833. The minimum absolute atomic E-state index is 0.0622. The Morgan fingerprint density at radius 1 is 0.868 bits per heavy atom. The number of rotatable bonds is 26. The van der Waals surface area contributed by atoms with Crippen LogP contribution in [0.4, 0.5) is 0 Å². The molecule has 0 aliphatic carbocycles. The lowest BCUT2D eigenvalue weighted by Crippen LogP contribution is -2.45. The molecule has 0 heterocycles. The summed E-state index contributed by atoms with van der Waals surface area (Å²) in [5.41, 5.74) is 0. The van der Waals surface area contributed by atoms with Gasteiger partial charge in [0.25, 0.3) is 0 Å². The highest BCUT2D eigenvalue weighted by Crippen LogP contribution is 2.43. The van der Waals surface area contributed by atoms with Gasteiger partial charge in [0, 0.05) is 6.42 Å². The summed E-state index contributed by atoms with van der Waals surface area (Å²) in [7, 11) is 1.56. The standard InChI is InChI=1S/C29H59N2O6P/c1-6-8-10-11-12-13-14-15-16-17-18-19-21-22-28(32)27(30-29(33)23-20-9-7-2)26-37-38(34,35)36-25-24-31(3,4)5/h21-22,27-28,32H,6-20,23-26H2,1-5H3,(H-,30,33,34,35)/p+1/b22-21-/t27-,28+/m0/s1. The number of amides is 1. The van der Waals surface area contributed by atoms with Crippen molar-refractivity contribution in [2.45, 2.75) is 129 Å². The number of aliphatic hydroxyl groups excluding tert-OH is 1. The normalized spacial score (nSPS) is 15.4. The van der Waals surface area contributed by atoms with E-state index in [4.69, 9.17) is 9.05 Å². The highest BCUT2D eigenvalue weighted by Gasteiger charge is 2.27. The van der Waals surface area contributed by atoms with E-state index in [1.807, 2.05) is 27.2 Å². The largest absolute Gasteiger partial charge is 0.472 e. The zero-order chi connectivity index (χ0) is 28.7. The van der Waals surface area contributed by atoms with Crippen LogP contribution in [0, 0.1) is 0 Å². The van der Waals surface area contributed by atoms with E-state index in [1.54, 1.807) is 6.08 Å². The van der Waals surface area contributed by atoms with E-state index in [0.29, 0.717) is 17.4 Å². The number of hydrogen-bond donors (Lipinski definition) is 3. The van der Waals surface area contributed by atoms with E-state index in [1.165, 1.54) is 57.8 Å². The molecule has 0 aromatic rings. The first-order valence-corrected chi connectivity index (χ1v) is 16.6. The smallest absolute Gasteiger partial charge is 0.387 e. The molecular formula is C29H60N2O6P+. The third kappa shape index (κ3) is 24.3. The molecule has 8 nitrogen and oxygen atoms in total. The summed E-state index contributed by atoms with van der Waals surface area (Å²) in [6.45, 7) is 4.59. The highest BCUT2D eigenvalue weighted by molar-refractivity contribution is 7.47. The molecular weight excluding hydrogens is 503 g/mol. The lowest BCUT2D eigenvalue weighted by atomic mass is 10.0. The van der Waals surface area contributed by atoms with Crippen LogP contribution in [0.3, 0.4) is 0 Å². The maximum Gasteiger partial charge on any atom is 0.472 e. The topological polar surface area (TPSA) is 105 Å². The molecule has 9 heteroatoms. The second-order valence-corrected chi connectivity index (χ2v) is 12.9. The molecule has 0 aromatic heterocycles. The average molecular weight is 564 g/mol. The van der Waals surface area contributed by atoms with Crippen LogP contribution in [0.1, 0.15) is 117 Å². The number of likely N-dealkylation sites (N-methyl/N-ethyl adjacent to an activating group) is 1. The highest BCUT2D eigenvalue weighted by atomic mass is 31.2. The summed E-state index contributed by atoms with van der Waals surface area (Å²) in [4.78, 5) is 22.4. The van der Waals surface area contributed by atoms with Crippen molar-refractivity contribution >= 4 is 13.7 Å². The van der Waals surface area contributed by atoms with Gasteiger partial charge < -0.3 is 19.8 Å². The maximum atomic E-state index is 12.4. The van der Waals surface area contributed by atoms with Gasteiger partial charge in [0.1, 0.15) is 13.2 Å². The molecule has 226 valence electrons. The van der Waals surface area contributed by atoms with Gasteiger partial charge in [-0.25, -0.2) is 4.57 Å². The summed E-state index contributed by atoms with van der Waals surface area (Å²) < 4.78 is 23.1. The number of unbranched alkanes of at least 4 members (excludes halogenated alkanes) is 13. The molecule has 1 unspecified atom stereocenters. The Labute approximate surface area is 233 Å². The number of carbonyl (C=O) groups excluding carboxylic acids is 1. The Morgan fingerprint density at radius 2 is 1.39 bits per heavy atom. The maximum absolute atomic E-state index is 12.4. The quantitative estimate of drug-likeness (QED) is 0.0480. The van der Waals surface area contributed by atoms with Gasteiger partial charge in [-0.05, 0) is 19.3 Å². The van der Waals surface area contributed by atoms with Crippen molar-refractivity contribution in [1.29, 1.82) is 0 Å². The Balaban J connectivity index is 4.49. The number of carbonyl (C=O) groups is 1. The number of nitrogens with zero attached hydrogens (tertiary/aromatic N) is 1. The molecule has 0 aliphatic heterocycles. The summed E-state index contributed by atoms with van der Waals surface area (Å²) >= 11 is 0. The van der Waals surface area contributed by atoms with Crippen molar-refractivity contribution < 1.29 is 32.9 Å². The minimum atomic E-state index is -4.30. The van der Waals surface area contributed by atoms with Crippen LogP contribution in [-0.4, -0.2) is 73.4 Å². The van der Waals surface area contributed by atoms with Crippen LogP contribution in [0.25, 0.3) is 0 Å². The molecule has 0 aliphatic rings. The van der Waals surface area contributed by atoms with Crippen molar-refractivity contribution in [2.75, 3.05) is 40.9 Å². The van der Waals surface area contributed by atoms with Gasteiger partial charge in [0.2, 0.25) is 5.91 Å². The fraction of sp³-hybridized carbons (Fsp3) is 0.897. The number of quaternary nitrogens is 1. The molecule has 0 saturated carbocycles. The van der Waals surface area contributed by atoms with Crippen molar-refractivity contribution in [2.24, 2.45) is 0 Å². The zero-order valence-corrected chi connectivity index (χ0v) is 26.1. The second kappa shape index (κ2) is 23.0. The van der Waals surface area contributed by atoms with Crippen molar-refractivity contribution in [3.05, 3.63) is 12.2 Å². The molecule has 0 radical (unpaired) electrons. The molecule has 3 N–H and O–H groups in total. The molecule has 0 spiro atoms. The molecule has 1 amide bonds. The lowest BCUT2D eigenvalue weighted by Gasteiger charge is -2.25. The average Bonchev–Trinajstić information content (AvgIpc) is 2.83. The van der Waals surface area contributed by atoms with Gasteiger partial charge in [-0.15, -0.1) is 0 Å². The zero-order valence-electron chi connectivity index (χ0n) is 25.2. The van der Waals surface area contributed by atoms with Gasteiger partial charge in [-0.1, -0.05) is 103 Å². The van der Waals surface area contributed by atoms with Crippen molar-refractivity contribution in [1.82, 2.24) is 5.32 Å².